The highest BCUT2D eigenvalue weighted by atomic mass is 127. The predicted molar refractivity (Wildman–Crippen MR) is 103 cm³/mol. The van der Waals surface area contributed by atoms with Crippen molar-refractivity contribution in [2.45, 2.75) is 25.9 Å². The fourth-order valence-corrected chi connectivity index (χ4v) is 2.53. The molecule has 0 bridgehead atoms. The van der Waals surface area contributed by atoms with Crippen molar-refractivity contribution >= 4 is 45.5 Å². The Morgan fingerprint density at radius 2 is 2.21 bits per heavy atom. The van der Waals surface area contributed by atoms with Gasteiger partial charge in [0.1, 0.15) is 22.2 Å². The molecule has 1 aromatic rings. The number of aliphatic imine (C=N–C) groups is 1. The molecule has 1 aromatic heterocycles. The maximum absolute atomic E-state index is 11.1. The number of hydrogen-bond donors (Lipinski definition) is 2. The average molecular weight is 474 g/mol. The van der Waals surface area contributed by atoms with Crippen LogP contribution >= 0.6 is 24.0 Å². The quantitative estimate of drug-likeness (QED) is 0.183. The maximum atomic E-state index is 11.1. The van der Waals surface area contributed by atoms with E-state index in [0.29, 0.717) is 25.5 Å². The van der Waals surface area contributed by atoms with Gasteiger partial charge in [-0.25, -0.2) is 8.42 Å². The van der Waals surface area contributed by atoms with Gasteiger partial charge in [0.2, 0.25) is 0 Å². The summed E-state index contributed by atoms with van der Waals surface area (Å²) in [7, 11) is -1.38. The number of hydrogen-bond acceptors (Lipinski definition) is 6. The van der Waals surface area contributed by atoms with Crippen LogP contribution in [0.4, 0.5) is 5.69 Å². The lowest BCUT2D eigenvalue weighted by Crippen LogP contribution is -2.43. The molecule has 2 N–H and O–H groups in total. The molecule has 0 fully saturated rings. The summed E-state index contributed by atoms with van der Waals surface area (Å²) in [5.41, 5.74) is -0.0538. The molecule has 1 atom stereocenters. The minimum Gasteiger partial charge on any atom is -0.355 e. The topological polar surface area (TPSA) is 132 Å². The van der Waals surface area contributed by atoms with Gasteiger partial charge in [0.15, 0.2) is 5.96 Å². The maximum Gasteiger partial charge on any atom is 0.306 e. The summed E-state index contributed by atoms with van der Waals surface area (Å²) in [6.07, 6.45) is 4.23. The van der Waals surface area contributed by atoms with Gasteiger partial charge in [-0.2, -0.15) is 5.10 Å². The van der Waals surface area contributed by atoms with E-state index in [1.807, 2.05) is 6.92 Å². The molecule has 1 unspecified atom stereocenters. The minimum absolute atomic E-state index is 0. The van der Waals surface area contributed by atoms with Crippen LogP contribution in [-0.4, -0.2) is 60.7 Å². The largest absolute Gasteiger partial charge is 0.355 e. The second kappa shape index (κ2) is 10.4. The van der Waals surface area contributed by atoms with Gasteiger partial charge < -0.3 is 10.6 Å². The van der Waals surface area contributed by atoms with Gasteiger partial charge in [-0.15, -0.1) is 24.0 Å². The summed E-state index contributed by atoms with van der Waals surface area (Å²) in [5.74, 6) is 0.641. The zero-order valence-corrected chi connectivity index (χ0v) is 16.9. The van der Waals surface area contributed by atoms with Crippen LogP contribution in [0.2, 0.25) is 0 Å². The molecule has 1 rings (SSSR count). The van der Waals surface area contributed by atoms with Gasteiger partial charge in [-0.3, -0.25) is 19.8 Å². The van der Waals surface area contributed by atoms with E-state index in [2.05, 4.69) is 20.7 Å². The SMILES string of the molecule is CN=C(NCCn1cc([N+](=O)[O-])cn1)NC(C)CCS(C)(=O)=O.I. The summed E-state index contributed by atoms with van der Waals surface area (Å²) in [5, 5.41) is 20.6. The molecule has 0 saturated heterocycles. The third kappa shape index (κ3) is 9.00. The van der Waals surface area contributed by atoms with Crippen molar-refractivity contribution in [2.75, 3.05) is 25.6 Å². The first kappa shape index (κ1) is 22.6. The van der Waals surface area contributed by atoms with Crippen molar-refractivity contribution in [3.63, 3.8) is 0 Å². The monoisotopic (exact) mass is 474 g/mol. The van der Waals surface area contributed by atoms with E-state index in [1.165, 1.54) is 23.3 Å². The second-order valence-electron chi connectivity index (χ2n) is 5.18. The van der Waals surface area contributed by atoms with Crippen LogP contribution in [0, 0.1) is 10.1 Å². The highest BCUT2D eigenvalue weighted by molar-refractivity contribution is 14.0. The third-order valence-corrected chi connectivity index (χ3v) is 3.97. The highest BCUT2D eigenvalue weighted by Gasteiger charge is 2.10. The Bertz CT molecular complexity index is 660. The summed E-state index contributed by atoms with van der Waals surface area (Å²) in [6.45, 7) is 2.78. The molecular weight excluding hydrogens is 451 g/mol. The molecule has 138 valence electrons. The summed E-state index contributed by atoms with van der Waals surface area (Å²) < 4.78 is 23.7. The number of halogens is 1. The van der Waals surface area contributed by atoms with E-state index in [4.69, 9.17) is 0 Å². The molecule has 0 radical (unpaired) electrons. The number of sulfone groups is 1. The Morgan fingerprint density at radius 1 is 1.54 bits per heavy atom. The van der Waals surface area contributed by atoms with Gasteiger partial charge >= 0.3 is 5.69 Å². The van der Waals surface area contributed by atoms with Crippen LogP contribution in [0.5, 0.6) is 0 Å². The van der Waals surface area contributed by atoms with E-state index in [9.17, 15) is 18.5 Å². The number of guanidine groups is 1. The molecule has 1 heterocycles. The van der Waals surface area contributed by atoms with Gasteiger partial charge in [0.25, 0.3) is 0 Å². The van der Waals surface area contributed by atoms with Crippen LogP contribution in [0.1, 0.15) is 13.3 Å². The normalized spacial score (nSPS) is 13.0. The standard InChI is InChI=1S/C12H22N6O4S.HI/c1-10(4-7-23(3,21)22)16-12(13-2)14-5-6-17-9-11(8-15-17)18(19)20;/h8-10H,4-7H2,1-3H3,(H2,13,14,16);1H. The van der Waals surface area contributed by atoms with Crippen LogP contribution in [0.15, 0.2) is 17.4 Å². The van der Waals surface area contributed by atoms with E-state index < -0.39 is 14.8 Å². The zero-order chi connectivity index (χ0) is 17.5. The molecule has 10 nitrogen and oxygen atoms in total. The summed E-state index contributed by atoms with van der Waals surface area (Å²) in [4.78, 5) is 14.1. The van der Waals surface area contributed by atoms with Crippen molar-refractivity contribution in [2.24, 2.45) is 4.99 Å². The Hall–Kier alpha value is -1.44. The first-order valence-corrected chi connectivity index (χ1v) is 9.09. The van der Waals surface area contributed by atoms with Crippen molar-refractivity contribution in [3.8, 4) is 0 Å². The highest BCUT2D eigenvalue weighted by Crippen LogP contribution is 2.06. The molecule has 0 aliphatic heterocycles. The van der Waals surface area contributed by atoms with Gasteiger partial charge in [0.05, 0.1) is 17.2 Å². The lowest BCUT2D eigenvalue weighted by Gasteiger charge is -2.17. The Labute approximate surface area is 158 Å². The average Bonchev–Trinajstić information content (AvgIpc) is 2.92. The lowest BCUT2D eigenvalue weighted by molar-refractivity contribution is -0.385. The van der Waals surface area contributed by atoms with Crippen LogP contribution in [0.25, 0.3) is 0 Å². The van der Waals surface area contributed by atoms with E-state index in [0.717, 1.165) is 0 Å². The number of nitro groups is 1. The third-order valence-electron chi connectivity index (χ3n) is 2.99. The van der Waals surface area contributed by atoms with E-state index in [-0.39, 0.29) is 41.5 Å². The molecule has 0 aliphatic rings. The Morgan fingerprint density at radius 3 is 2.71 bits per heavy atom. The van der Waals surface area contributed by atoms with Crippen molar-refractivity contribution in [3.05, 3.63) is 22.5 Å². The minimum atomic E-state index is -2.99. The number of nitrogens with zero attached hydrogens (tertiary/aromatic N) is 4. The number of aromatic nitrogens is 2. The van der Waals surface area contributed by atoms with Gasteiger partial charge in [-0.1, -0.05) is 0 Å². The second-order valence-corrected chi connectivity index (χ2v) is 7.44. The van der Waals surface area contributed by atoms with Crippen molar-refractivity contribution < 1.29 is 13.3 Å². The molecule has 0 amide bonds. The van der Waals surface area contributed by atoms with Crippen LogP contribution in [0.3, 0.4) is 0 Å². The lowest BCUT2D eigenvalue weighted by atomic mass is 10.3. The first-order chi connectivity index (χ1) is 10.7. The zero-order valence-electron chi connectivity index (χ0n) is 13.8. The number of rotatable bonds is 8. The molecule has 0 saturated carbocycles. The molecule has 0 spiro atoms. The summed E-state index contributed by atoms with van der Waals surface area (Å²) >= 11 is 0. The smallest absolute Gasteiger partial charge is 0.306 e. The molecule has 24 heavy (non-hydrogen) atoms. The molecule has 0 aromatic carbocycles. The first-order valence-electron chi connectivity index (χ1n) is 7.03. The van der Waals surface area contributed by atoms with Crippen molar-refractivity contribution in [1.29, 1.82) is 0 Å². The van der Waals surface area contributed by atoms with Crippen LogP contribution < -0.4 is 10.6 Å². The fourth-order valence-electron chi connectivity index (χ4n) is 1.75. The number of nitrogens with one attached hydrogen (secondary N) is 2. The Balaban J connectivity index is 0.00000529. The summed E-state index contributed by atoms with van der Waals surface area (Å²) in [6, 6.07) is -0.0540. The van der Waals surface area contributed by atoms with Gasteiger partial charge in [0, 0.05) is 25.9 Å². The molecular formula is C12H23IN6O4S. The molecule has 0 aliphatic carbocycles. The fraction of sp³-hybridized carbons (Fsp3) is 0.667. The van der Waals surface area contributed by atoms with Crippen molar-refractivity contribution in [1.82, 2.24) is 20.4 Å². The van der Waals surface area contributed by atoms with E-state index in [1.54, 1.807) is 7.05 Å². The molecule has 12 heteroatoms. The predicted octanol–water partition coefficient (Wildman–Crippen LogP) is 0.397. The Kier molecular flexibility index (Phi) is 9.80. The van der Waals surface area contributed by atoms with E-state index >= 15 is 0 Å². The van der Waals surface area contributed by atoms with Gasteiger partial charge in [-0.05, 0) is 13.3 Å². The van der Waals surface area contributed by atoms with Crippen LogP contribution in [-0.2, 0) is 16.4 Å².